The lowest BCUT2D eigenvalue weighted by molar-refractivity contribution is -0.122. The van der Waals surface area contributed by atoms with Gasteiger partial charge in [0.2, 0.25) is 0 Å². The summed E-state index contributed by atoms with van der Waals surface area (Å²) in [5, 5.41) is 9.70. The molecule has 1 heterocycles. The first-order valence-electron chi connectivity index (χ1n) is 10.2. The third-order valence-electron chi connectivity index (χ3n) is 4.50. The minimum Gasteiger partial charge on any atom is -0.490 e. The summed E-state index contributed by atoms with van der Waals surface area (Å²) in [6.07, 6.45) is 3.43. The van der Waals surface area contributed by atoms with E-state index < -0.39 is 5.97 Å². The van der Waals surface area contributed by atoms with Crippen molar-refractivity contribution in [3.05, 3.63) is 69.6 Å². The number of aliphatic imine (C=N–C) groups is 1. The molecule has 0 saturated carbocycles. The molecule has 0 aromatic heterocycles. The molecule has 2 aromatic rings. The Morgan fingerprint density at radius 3 is 2.73 bits per heavy atom. The monoisotopic (exact) mass is 530 g/mol. The Morgan fingerprint density at radius 1 is 1.27 bits per heavy atom. The van der Waals surface area contributed by atoms with Crippen LogP contribution in [0.25, 0.3) is 6.08 Å². The summed E-state index contributed by atoms with van der Waals surface area (Å²) in [6, 6.07) is 9.97. The highest BCUT2D eigenvalue weighted by Crippen LogP contribution is 2.39. The van der Waals surface area contributed by atoms with E-state index in [0.717, 1.165) is 5.56 Å². The average Bonchev–Trinajstić information content (AvgIpc) is 3.07. The second-order valence-electron chi connectivity index (χ2n) is 6.77. The van der Waals surface area contributed by atoms with E-state index in [-0.39, 0.29) is 11.5 Å². The molecular weight excluding hydrogens is 508 g/mol. The van der Waals surface area contributed by atoms with Crippen molar-refractivity contribution >= 4 is 56.5 Å². The third kappa shape index (κ3) is 5.85. The Bertz CT molecular complexity index is 1150. The number of aromatic carboxylic acids is 1. The van der Waals surface area contributed by atoms with Crippen LogP contribution in [-0.4, -0.2) is 46.8 Å². The summed E-state index contributed by atoms with van der Waals surface area (Å²) >= 11 is 4.76. The number of nitrogens with zero attached hydrogens (tertiary/aromatic N) is 2. The quantitative estimate of drug-likeness (QED) is 0.328. The molecule has 0 bridgehead atoms. The van der Waals surface area contributed by atoms with Gasteiger partial charge < -0.3 is 14.6 Å². The Kier molecular flexibility index (Phi) is 8.35. The summed E-state index contributed by atoms with van der Waals surface area (Å²) < 4.78 is 12.1. The molecule has 7 nitrogen and oxygen atoms in total. The number of amides is 1. The summed E-state index contributed by atoms with van der Waals surface area (Å²) in [7, 11) is 0. The molecular formula is C24H23BrN2O5S. The maximum Gasteiger partial charge on any atom is 0.335 e. The summed E-state index contributed by atoms with van der Waals surface area (Å²) in [5.74, 6) is -0.0733. The van der Waals surface area contributed by atoms with Crippen LogP contribution < -0.4 is 9.47 Å². The predicted octanol–water partition coefficient (Wildman–Crippen LogP) is 5.73. The van der Waals surface area contributed by atoms with Gasteiger partial charge in [-0.2, -0.15) is 0 Å². The number of carboxylic acid groups (broad SMARTS) is 1. The number of carbonyl (C=O) groups excluding carboxylic acids is 1. The number of hydrogen-bond acceptors (Lipinski definition) is 6. The van der Waals surface area contributed by atoms with Crippen LogP contribution in [0, 0.1) is 0 Å². The summed E-state index contributed by atoms with van der Waals surface area (Å²) in [5.41, 5.74) is 1.37. The fourth-order valence-electron chi connectivity index (χ4n) is 3.06. The van der Waals surface area contributed by atoms with Crippen molar-refractivity contribution in [1.82, 2.24) is 4.90 Å². The van der Waals surface area contributed by atoms with Gasteiger partial charge in [0, 0.05) is 6.54 Å². The molecule has 0 spiro atoms. The molecule has 1 aliphatic heterocycles. The topological polar surface area (TPSA) is 88.4 Å². The second kappa shape index (κ2) is 11.2. The predicted molar refractivity (Wildman–Crippen MR) is 134 cm³/mol. The first-order valence-corrected chi connectivity index (χ1v) is 11.8. The van der Waals surface area contributed by atoms with Crippen LogP contribution >= 0.6 is 27.7 Å². The van der Waals surface area contributed by atoms with Crippen LogP contribution in [-0.2, 0) is 4.79 Å². The molecule has 0 radical (unpaired) electrons. The number of benzene rings is 2. The zero-order valence-corrected chi connectivity index (χ0v) is 20.6. The van der Waals surface area contributed by atoms with E-state index in [1.54, 1.807) is 29.2 Å². The fraction of sp³-hybridized carbons (Fsp3) is 0.208. The van der Waals surface area contributed by atoms with E-state index in [1.807, 2.05) is 26.0 Å². The van der Waals surface area contributed by atoms with E-state index in [2.05, 4.69) is 27.5 Å². The summed E-state index contributed by atoms with van der Waals surface area (Å²) in [4.78, 5) is 30.8. The molecule has 2 aromatic carbocycles. The van der Waals surface area contributed by atoms with Crippen LogP contribution in [0.15, 0.2) is 63.4 Å². The van der Waals surface area contributed by atoms with Crippen molar-refractivity contribution in [2.45, 2.75) is 13.8 Å². The number of rotatable bonds is 9. The minimum atomic E-state index is -1.03. The number of amidine groups is 1. The van der Waals surface area contributed by atoms with E-state index in [9.17, 15) is 14.7 Å². The van der Waals surface area contributed by atoms with Gasteiger partial charge in [0.25, 0.3) is 5.91 Å². The van der Waals surface area contributed by atoms with Crippen molar-refractivity contribution in [1.29, 1.82) is 0 Å². The molecule has 0 unspecified atom stereocenters. The van der Waals surface area contributed by atoms with Crippen molar-refractivity contribution in [2.24, 2.45) is 4.99 Å². The molecule has 0 aliphatic carbocycles. The van der Waals surface area contributed by atoms with Gasteiger partial charge in [-0.1, -0.05) is 18.7 Å². The average molecular weight is 531 g/mol. The smallest absolute Gasteiger partial charge is 0.335 e. The summed E-state index contributed by atoms with van der Waals surface area (Å²) in [6.45, 7) is 8.64. The lowest BCUT2D eigenvalue weighted by Gasteiger charge is -2.14. The van der Waals surface area contributed by atoms with E-state index in [4.69, 9.17) is 9.47 Å². The lowest BCUT2D eigenvalue weighted by atomic mass is 10.2. The van der Waals surface area contributed by atoms with Gasteiger partial charge in [-0.25, -0.2) is 9.79 Å². The highest BCUT2D eigenvalue weighted by atomic mass is 79.9. The number of likely N-dealkylation sites (N-methyl/N-ethyl adjacent to an activating group) is 1. The van der Waals surface area contributed by atoms with Gasteiger partial charge in [0.1, 0.15) is 6.61 Å². The van der Waals surface area contributed by atoms with Gasteiger partial charge in [0.05, 0.1) is 27.2 Å². The zero-order chi connectivity index (χ0) is 24.0. The number of hydrogen-bond donors (Lipinski definition) is 1. The van der Waals surface area contributed by atoms with Gasteiger partial charge in [0.15, 0.2) is 16.7 Å². The molecule has 1 N–H and O–H groups in total. The number of halogens is 1. The molecule has 1 fully saturated rings. The first kappa shape index (κ1) is 24.6. The maximum absolute atomic E-state index is 13.0. The Balaban J connectivity index is 1.96. The minimum absolute atomic E-state index is 0.136. The highest BCUT2D eigenvalue weighted by Gasteiger charge is 2.32. The van der Waals surface area contributed by atoms with E-state index in [0.29, 0.717) is 51.5 Å². The van der Waals surface area contributed by atoms with E-state index >= 15 is 0 Å². The molecule has 3 rings (SSSR count). The fourth-order valence-corrected chi connectivity index (χ4v) is 4.69. The first-order chi connectivity index (χ1) is 15.9. The zero-order valence-electron chi connectivity index (χ0n) is 18.2. The van der Waals surface area contributed by atoms with Crippen molar-refractivity contribution < 1.29 is 24.2 Å². The van der Waals surface area contributed by atoms with E-state index in [1.165, 1.54) is 23.9 Å². The normalized spacial score (nSPS) is 15.8. The second-order valence-corrected chi connectivity index (χ2v) is 8.64. The number of thioether (sulfide) groups is 1. The SMILES string of the molecule is C=CCOc1c(Br)cc(C=C2SC(=Nc3cccc(C(=O)O)c3)N(CC)C2=O)cc1OCC. The maximum atomic E-state index is 13.0. The molecule has 33 heavy (non-hydrogen) atoms. The highest BCUT2D eigenvalue weighted by molar-refractivity contribution is 9.10. The van der Waals surface area contributed by atoms with Gasteiger partial charge in [-0.05, 0) is 83.5 Å². The van der Waals surface area contributed by atoms with Gasteiger partial charge >= 0.3 is 5.97 Å². The largest absolute Gasteiger partial charge is 0.490 e. The number of carbonyl (C=O) groups is 2. The van der Waals surface area contributed by atoms with Crippen molar-refractivity contribution in [2.75, 3.05) is 19.8 Å². The third-order valence-corrected chi connectivity index (χ3v) is 6.09. The molecule has 1 saturated heterocycles. The Hall–Kier alpha value is -3.04. The van der Waals surface area contributed by atoms with Crippen molar-refractivity contribution in [3.63, 3.8) is 0 Å². The van der Waals surface area contributed by atoms with Crippen LogP contribution in [0.1, 0.15) is 29.8 Å². The Labute approximate surface area is 204 Å². The molecule has 172 valence electrons. The molecule has 1 amide bonds. The van der Waals surface area contributed by atoms with Gasteiger partial charge in [-0.3, -0.25) is 9.69 Å². The van der Waals surface area contributed by atoms with Gasteiger partial charge in [-0.15, -0.1) is 0 Å². The molecule has 0 atom stereocenters. The Morgan fingerprint density at radius 2 is 2.06 bits per heavy atom. The van der Waals surface area contributed by atoms with Crippen LogP contribution in [0.2, 0.25) is 0 Å². The standard InChI is InChI=1S/C24H23BrN2O5S/c1-4-10-32-21-18(25)11-15(12-19(21)31-6-3)13-20-22(28)27(5-2)24(33-20)26-17-9-7-8-16(14-17)23(29)30/h4,7-9,11-14H,1,5-6,10H2,2-3H3,(H,29,30). The van der Waals surface area contributed by atoms with Crippen molar-refractivity contribution in [3.8, 4) is 11.5 Å². The molecule has 1 aliphatic rings. The number of ether oxygens (including phenoxy) is 2. The molecule has 9 heteroatoms. The van der Waals surface area contributed by atoms with Crippen LogP contribution in [0.4, 0.5) is 5.69 Å². The number of carboxylic acids is 1. The lowest BCUT2D eigenvalue weighted by Crippen LogP contribution is -2.28. The van der Waals surface area contributed by atoms with Crippen LogP contribution in [0.5, 0.6) is 11.5 Å². The van der Waals surface area contributed by atoms with Crippen LogP contribution in [0.3, 0.4) is 0 Å².